The third-order valence-electron chi connectivity index (χ3n) is 4.50. The fourth-order valence-electron chi connectivity index (χ4n) is 3.33. The van der Waals surface area contributed by atoms with Crippen LogP contribution in [-0.4, -0.2) is 49.1 Å². The third-order valence-corrected chi connectivity index (χ3v) is 4.50. The predicted octanol–water partition coefficient (Wildman–Crippen LogP) is 1.26. The first-order chi connectivity index (χ1) is 9.68. The second-order valence-electron chi connectivity index (χ2n) is 5.85. The molecule has 0 saturated carbocycles. The third kappa shape index (κ3) is 2.34. The lowest BCUT2D eigenvalue weighted by Crippen LogP contribution is -2.54. The molecule has 0 spiro atoms. The summed E-state index contributed by atoms with van der Waals surface area (Å²) in [6.45, 7) is 8.05. The van der Waals surface area contributed by atoms with Gasteiger partial charge in [0.25, 0.3) is 0 Å². The molecular formula is C16H23N3O. The van der Waals surface area contributed by atoms with E-state index in [0.29, 0.717) is 0 Å². The molecule has 1 amide bonds. The molecule has 1 aromatic carbocycles. The number of benzene rings is 1. The molecule has 1 N–H and O–H groups in total. The molecule has 2 aliphatic rings. The van der Waals surface area contributed by atoms with Gasteiger partial charge in [0.1, 0.15) is 0 Å². The van der Waals surface area contributed by atoms with Gasteiger partial charge in [-0.3, -0.25) is 9.69 Å². The van der Waals surface area contributed by atoms with Crippen LogP contribution in [0.4, 0.5) is 5.69 Å². The molecule has 0 bridgehead atoms. The highest BCUT2D eigenvalue weighted by Crippen LogP contribution is 2.32. The molecule has 108 valence electrons. The molecule has 4 nitrogen and oxygen atoms in total. The predicted molar refractivity (Wildman–Crippen MR) is 81.0 cm³/mol. The van der Waals surface area contributed by atoms with Crippen LogP contribution in [0.15, 0.2) is 24.3 Å². The van der Waals surface area contributed by atoms with Gasteiger partial charge < -0.3 is 10.2 Å². The fourth-order valence-corrected chi connectivity index (χ4v) is 3.33. The van der Waals surface area contributed by atoms with E-state index in [0.717, 1.165) is 38.3 Å². The van der Waals surface area contributed by atoms with Crippen LogP contribution in [0, 0.1) is 0 Å². The topological polar surface area (TPSA) is 35.6 Å². The first-order valence-corrected chi connectivity index (χ1v) is 7.54. The van der Waals surface area contributed by atoms with Gasteiger partial charge >= 0.3 is 0 Å². The zero-order chi connectivity index (χ0) is 14.1. The van der Waals surface area contributed by atoms with Crippen LogP contribution >= 0.6 is 0 Å². The molecule has 1 fully saturated rings. The minimum Gasteiger partial charge on any atom is -0.314 e. The van der Waals surface area contributed by atoms with E-state index in [1.54, 1.807) is 0 Å². The lowest BCUT2D eigenvalue weighted by Gasteiger charge is -2.35. The van der Waals surface area contributed by atoms with Crippen molar-refractivity contribution in [3.05, 3.63) is 29.8 Å². The highest BCUT2D eigenvalue weighted by molar-refractivity contribution is 5.99. The summed E-state index contributed by atoms with van der Waals surface area (Å²) in [6.07, 6.45) is 0.968. The largest absolute Gasteiger partial charge is 0.314 e. The van der Waals surface area contributed by atoms with Gasteiger partial charge in [0.05, 0.1) is 6.04 Å². The number of para-hydroxylation sites is 1. The van der Waals surface area contributed by atoms with Gasteiger partial charge in [-0.15, -0.1) is 0 Å². The number of hydrogen-bond acceptors (Lipinski definition) is 3. The lowest BCUT2D eigenvalue weighted by atomic mass is 10.1. The number of piperazine rings is 1. The van der Waals surface area contributed by atoms with Crippen LogP contribution < -0.4 is 10.2 Å². The van der Waals surface area contributed by atoms with Crippen LogP contribution in [0.1, 0.15) is 19.4 Å². The summed E-state index contributed by atoms with van der Waals surface area (Å²) >= 11 is 0. The average molecular weight is 273 g/mol. The van der Waals surface area contributed by atoms with Crippen molar-refractivity contribution in [3.8, 4) is 0 Å². The van der Waals surface area contributed by atoms with Crippen molar-refractivity contribution in [1.29, 1.82) is 0 Å². The second kappa shape index (κ2) is 5.54. The van der Waals surface area contributed by atoms with Gasteiger partial charge in [-0.2, -0.15) is 0 Å². The Morgan fingerprint density at radius 3 is 2.75 bits per heavy atom. The van der Waals surface area contributed by atoms with E-state index in [2.05, 4.69) is 35.3 Å². The van der Waals surface area contributed by atoms with Crippen LogP contribution in [0.5, 0.6) is 0 Å². The van der Waals surface area contributed by atoms with E-state index in [1.165, 1.54) is 5.56 Å². The molecule has 0 radical (unpaired) electrons. The van der Waals surface area contributed by atoms with E-state index < -0.39 is 0 Å². The minimum absolute atomic E-state index is 0.0364. The number of rotatable bonds is 2. The number of hydrogen-bond donors (Lipinski definition) is 1. The summed E-state index contributed by atoms with van der Waals surface area (Å²) in [5.41, 5.74) is 2.40. The first kappa shape index (κ1) is 13.6. The van der Waals surface area contributed by atoms with Gasteiger partial charge in [0.15, 0.2) is 0 Å². The Balaban J connectivity index is 1.79. The summed E-state index contributed by atoms with van der Waals surface area (Å²) in [7, 11) is 0. The van der Waals surface area contributed by atoms with Gasteiger partial charge in [-0.05, 0) is 31.9 Å². The zero-order valence-corrected chi connectivity index (χ0v) is 12.3. The SMILES string of the molecule is CC(C(=O)N1c2ccccc2CC1C)N1CCNCC1. The average Bonchev–Trinajstić information content (AvgIpc) is 2.82. The Labute approximate surface area is 120 Å². The van der Waals surface area contributed by atoms with E-state index in [-0.39, 0.29) is 18.0 Å². The maximum absolute atomic E-state index is 12.9. The number of nitrogens with zero attached hydrogens (tertiary/aromatic N) is 2. The van der Waals surface area contributed by atoms with Crippen LogP contribution in [0.25, 0.3) is 0 Å². The van der Waals surface area contributed by atoms with Gasteiger partial charge in [-0.1, -0.05) is 18.2 Å². The number of carbonyl (C=O) groups is 1. The summed E-state index contributed by atoms with van der Waals surface area (Å²) in [5.74, 6) is 0.240. The molecule has 1 saturated heterocycles. The minimum atomic E-state index is -0.0364. The maximum atomic E-state index is 12.9. The van der Waals surface area contributed by atoms with E-state index in [4.69, 9.17) is 0 Å². The second-order valence-corrected chi connectivity index (χ2v) is 5.85. The standard InChI is InChI=1S/C16H23N3O/c1-12-11-14-5-3-4-6-15(14)19(12)16(20)13(2)18-9-7-17-8-10-18/h3-6,12-13,17H,7-11H2,1-2H3. The smallest absolute Gasteiger partial charge is 0.244 e. The van der Waals surface area contributed by atoms with Crippen molar-refractivity contribution < 1.29 is 4.79 Å². The number of amides is 1. The molecule has 20 heavy (non-hydrogen) atoms. The molecule has 2 aliphatic heterocycles. The summed E-state index contributed by atoms with van der Waals surface area (Å²) in [6, 6.07) is 8.51. The van der Waals surface area contributed by atoms with E-state index >= 15 is 0 Å². The van der Waals surface area contributed by atoms with Crippen molar-refractivity contribution in [1.82, 2.24) is 10.2 Å². The lowest BCUT2D eigenvalue weighted by molar-refractivity contribution is -0.123. The van der Waals surface area contributed by atoms with Crippen molar-refractivity contribution >= 4 is 11.6 Å². The fraction of sp³-hybridized carbons (Fsp3) is 0.562. The molecule has 1 aromatic rings. The van der Waals surface area contributed by atoms with Crippen molar-refractivity contribution in [2.75, 3.05) is 31.1 Å². The van der Waals surface area contributed by atoms with Gasteiger partial charge in [-0.25, -0.2) is 0 Å². The van der Waals surface area contributed by atoms with Gasteiger partial charge in [0.2, 0.25) is 5.91 Å². The molecular weight excluding hydrogens is 250 g/mol. The zero-order valence-electron chi connectivity index (χ0n) is 12.3. The Morgan fingerprint density at radius 2 is 2.00 bits per heavy atom. The summed E-state index contributed by atoms with van der Waals surface area (Å²) < 4.78 is 0. The molecule has 4 heteroatoms. The van der Waals surface area contributed by atoms with E-state index in [9.17, 15) is 4.79 Å². The maximum Gasteiger partial charge on any atom is 0.244 e. The molecule has 0 aliphatic carbocycles. The van der Waals surface area contributed by atoms with E-state index in [1.807, 2.05) is 17.9 Å². The Bertz CT molecular complexity index is 496. The normalized spacial score (nSPS) is 24.5. The highest BCUT2D eigenvalue weighted by atomic mass is 16.2. The van der Waals surface area contributed by atoms with Crippen molar-refractivity contribution in [2.24, 2.45) is 0 Å². The van der Waals surface area contributed by atoms with Crippen LogP contribution in [-0.2, 0) is 11.2 Å². The Hall–Kier alpha value is -1.39. The first-order valence-electron chi connectivity index (χ1n) is 7.54. The molecule has 2 heterocycles. The molecule has 2 atom stereocenters. The van der Waals surface area contributed by atoms with Crippen LogP contribution in [0.3, 0.4) is 0 Å². The molecule has 0 aromatic heterocycles. The van der Waals surface area contributed by atoms with Crippen molar-refractivity contribution in [2.45, 2.75) is 32.4 Å². The monoisotopic (exact) mass is 273 g/mol. The van der Waals surface area contributed by atoms with Crippen LogP contribution in [0.2, 0.25) is 0 Å². The molecule has 2 unspecified atom stereocenters. The summed E-state index contributed by atoms with van der Waals surface area (Å²) in [5, 5.41) is 3.34. The number of carbonyl (C=O) groups excluding carboxylic acids is 1. The van der Waals surface area contributed by atoms with Gasteiger partial charge in [0, 0.05) is 37.9 Å². The van der Waals surface area contributed by atoms with Crippen molar-refractivity contribution in [3.63, 3.8) is 0 Å². The molecule has 3 rings (SSSR count). The Kier molecular flexibility index (Phi) is 3.76. The number of nitrogens with one attached hydrogen (secondary N) is 1. The quantitative estimate of drug-likeness (QED) is 0.881. The Morgan fingerprint density at radius 1 is 1.30 bits per heavy atom. The number of anilines is 1. The summed E-state index contributed by atoms with van der Waals surface area (Å²) in [4.78, 5) is 17.2. The number of fused-ring (bicyclic) bond motifs is 1. The highest BCUT2D eigenvalue weighted by Gasteiger charge is 2.35.